The molecule has 0 atom stereocenters. The highest BCUT2D eigenvalue weighted by atomic mass is 32.1. The molecule has 4 aromatic rings. The van der Waals surface area contributed by atoms with Gasteiger partial charge in [-0.3, -0.25) is 19.4 Å². The predicted octanol–water partition coefficient (Wildman–Crippen LogP) is 3.86. The molecule has 3 amide bonds. The summed E-state index contributed by atoms with van der Waals surface area (Å²) in [6.07, 6.45) is 5.05. The van der Waals surface area contributed by atoms with Crippen molar-refractivity contribution in [3.63, 3.8) is 0 Å². The molecule has 1 aliphatic rings. The Hall–Kier alpha value is -4.51. The van der Waals surface area contributed by atoms with E-state index in [0.29, 0.717) is 54.9 Å². The molecule has 0 fully saturated rings. The number of fused-ring (bicyclic) bond motifs is 3. The summed E-state index contributed by atoms with van der Waals surface area (Å²) in [5, 5.41) is 11.5. The van der Waals surface area contributed by atoms with Crippen LogP contribution in [0.2, 0.25) is 0 Å². The fourth-order valence-electron chi connectivity index (χ4n) is 5.23. The smallest absolute Gasteiger partial charge is 0.275 e. The number of carbonyl (C=O) groups is 3. The average Bonchev–Trinajstić information content (AvgIpc) is 3.62. The molecule has 0 spiro atoms. The molecule has 0 aliphatic heterocycles. The van der Waals surface area contributed by atoms with E-state index in [-0.39, 0.29) is 5.91 Å². The van der Waals surface area contributed by atoms with Gasteiger partial charge >= 0.3 is 0 Å². The molecular weight excluding hydrogens is 540 g/mol. The summed E-state index contributed by atoms with van der Waals surface area (Å²) in [4.78, 5) is 42.8. The van der Waals surface area contributed by atoms with E-state index in [2.05, 4.69) is 10.3 Å². The maximum absolute atomic E-state index is 14.1. The van der Waals surface area contributed by atoms with Gasteiger partial charge in [-0.2, -0.15) is 16.4 Å². The number of benzene rings is 1. The Morgan fingerprint density at radius 1 is 1.20 bits per heavy atom. The van der Waals surface area contributed by atoms with E-state index < -0.39 is 11.4 Å². The number of pyridine rings is 1. The summed E-state index contributed by atoms with van der Waals surface area (Å²) in [7, 11) is 1.61. The zero-order valence-corrected chi connectivity index (χ0v) is 24.2. The second-order valence-corrected chi connectivity index (χ2v) is 11.6. The van der Waals surface area contributed by atoms with Gasteiger partial charge in [0.05, 0.1) is 24.1 Å². The average molecular weight is 573 g/mol. The first-order valence-electron chi connectivity index (χ1n) is 13.2. The van der Waals surface area contributed by atoms with Crippen molar-refractivity contribution in [3.8, 4) is 33.8 Å². The van der Waals surface area contributed by atoms with E-state index >= 15 is 0 Å². The summed E-state index contributed by atoms with van der Waals surface area (Å²) in [6, 6.07) is 7.69. The Balaban J connectivity index is 1.70. The molecule has 212 valence electrons. The van der Waals surface area contributed by atoms with Gasteiger partial charge < -0.3 is 20.7 Å². The quantitative estimate of drug-likeness (QED) is 0.231. The van der Waals surface area contributed by atoms with Crippen LogP contribution in [0.15, 0.2) is 47.4 Å². The number of nitrogens with two attached hydrogens (primary N) is 1. The zero-order valence-electron chi connectivity index (χ0n) is 23.4. The molecule has 10 nitrogen and oxygen atoms in total. The zero-order chi connectivity index (χ0) is 29.3. The molecule has 3 heterocycles. The molecule has 41 heavy (non-hydrogen) atoms. The minimum atomic E-state index is -0.566. The number of ether oxygens (including phenoxy) is 1. The van der Waals surface area contributed by atoms with Gasteiger partial charge in [0.25, 0.3) is 5.91 Å². The summed E-state index contributed by atoms with van der Waals surface area (Å²) in [6.45, 7) is 6.59. The second kappa shape index (κ2) is 11.2. The number of carbonyl (C=O) groups excluding carboxylic acids is 3. The summed E-state index contributed by atoms with van der Waals surface area (Å²) in [5.74, 6) is -0.106. The first-order valence-corrected chi connectivity index (χ1v) is 14.2. The molecule has 5 rings (SSSR count). The lowest BCUT2D eigenvalue weighted by Crippen LogP contribution is -2.48. The third-order valence-corrected chi connectivity index (χ3v) is 7.88. The van der Waals surface area contributed by atoms with Crippen molar-refractivity contribution in [2.24, 2.45) is 5.73 Å². The van der Waals surface area contributed by atoms with Crippen LogP contribution >= 0.6 is 11.3 Å². The molecule has 11 heteroatoms. The number of nitrogens with zero attached hydrogens (tertiary/aromatic N) is 4. The Bertz CT molecular complexity index is 1620. The Labute approximate surface area is 242 Å². The molecule has 0 saturated heterocycles. The number of primary amides is 1. The van der Waals surface area contributed by atoms with E-state index in [0.717, 1.165) is 33.6 Å². The lowest BCUT2D eigenvalue weighted by Gasteiger charge is -2.35. The number of nitrogens with one attached hydrogen (secondary N) is 1. The minimum Gasteiger partial charge on any atom is -0.496 e. The molecular formula is C30H32N6O4S. The standard InChI is InChI=1S/C30H32N6O4S/c1-30(2,3)35(9-8-32-17-37)29(39)26-22-6-5-18-12-25(40-4)23(19-11-20(28(31)38)15-33-14-19)13-24(18)27(22)36(34-26)21-7-10-41-16-21/h7,10-17H,5-6,8-9H2,1-4H3,(H2,31,38)(H,32,37). The van der Waals surface area contributed by atoms with Gasteiger partial charge in [0.1, 0.15) is 5.75 Å². The number of rotatable bonds is 9. The van der Waals surface area contributed by atoms with E-state index in [1.165, 1.54) is 6.20 Å². The van der Waals surface area contributed by atoms with Gasteiger partial charge in [0, 0.05) is 58.7 Å². The maximum atomic E-state index is 14.1. The maximum Gasteiger partial charge on any atom is 0.275 e. The van der Waals surface area contributed by atoms with Crippen LogP contribution in [0.4, 0.5) is 0 Å². The number of aryl methyl sites for hydroxylation is 1. The van der Waals surface area contributed by atoms with E-state index in [4.69, 9.17) is 15.6 Å². The van der Waals surface area contributed by atoms with Crippen LogP contribution in [0.5, 0.6) is 5.75 Å². The van der Waals surface area contributed by atoms with Gasteiger partial charge in [-0.05, 0) is 68.8 Å². The Morgan fingerprint density at radius 3 is 2.66 bits per heavy atom. The van der Waals surface area contributed by atoms with Gasteiger partial charge in [-0.25, -0.2) is 4.68 Å². The lowest BCUT2D eigenvalue weighted by molar-refractivity contribution is -0.109. The summed E-state index contributed by atoms with van der Waals surface area (Å²) < 4.78 is 7.60. The van der Waals surface area contributed by atoms with Gasteiger partial charge in [0.15, 0.2) is 5.69 Å². The van der Waals surface area contributed by atoms with Crippen molar-refractivity contribution < 1.29 is 19.1 Å². The molecule has 1 aromatic carbocycles. The van der Waals surface area contributed by atoms with Crippen LogP contribution in [-0.2, 0) is 17.6 Å². The van der Waals surface area contributed by atoms with Crippen LogP contribution in [-0.4, -0.2) is 63.6 Å². The minimum absolute atomic E-state index is 0.189. The Morgan fingerprint density at radius 2 is 2.00 bits per heavy atom. The normalized spacial score (nSPS) is 12.3. The van der Waals surface area contributed by atoms with Crippen molar-refractivity contribution in [2.75, 3.05) is 20.2 Å². The van der Waals surface area contributed by atoms with Gasteiger partial charge in [0.2, 0.25) is 12.3 Å². The number of methoxy groups -OCH3 is 1. The van der Waals surface area contributed by atoms with E-state index in [1.807, 2.05) is 54.4 Å². The predicted molar refractivity (Wildman–Crippen MR) is 157 cm³/mol. The topological polar surface area (TPSA) is 132 Å². The highest BCUT2D eigenvalue weighted by Crippen LogP contribution is 2.43. The van der Waals surface area contributed by atoms with Crippen molar-refractivity contribution >= 4 is 29.6 Å². The number of thiophene rings is 1. The molecule has 0 saturated carbocycles. The highest BCUT2D eigenvalue weighted by molar-refractivity contribution is 7.08. The fraction of sp³-hybridized carbons (Fsp3) is 0.300. The molecule has 0 radical (unpaired) electrons. The van der Waals surface area contributed by atoms with Crippen LogP contribution in [0.3, 0.4) is 0 Å². The van der Waals surface area contributed by atoms with Gasteiger partial charge in [-0.1, -0.05) is 0 Å². The highest BCUT2D eigenvalue weighted by Gasteiger charge is 2.35. The van der Waals surface area contributed by atoms with E-state index in [9.17, 15) is 14.4 Å². The number of aromatic nitrogens is 3. The lowest BCUT2D eigenvalue weighted by atomic mass is 9.86. The summed E-state index contributed by atoms with van der Waals surface area (Å²) >= 11 is 1.55. The molecule has 1 aliphatic carbocycles. The molecule has 3 N–H and O–H groups in total. The number of hydrogen-bond acceptors (Lipinski definition) is 7. The third-order valence-electron chi connectivity index (χ3n) is 7.21. The molecule has 3 aromatic heterocycles. The van der Waals surface area contributed by atoms with Crippen LogP contribution < -0.4 is 15.8 Å². The third kappa shape index (κ3) is 5.32. The SMILES string of the molecule is COc1cc2c(cc1-c1cncc(C(N)=O)c1)-c1c(c(C(=O)N(CCNC=O)C(C)(C)C)nn1-c1ccsc1)CC2. The van der Waals surface area contributed by atoms with Crippen molar-refractivity contribution in [2.45, 2.75) is 39.2 Å². The number of amides is 3. The fourth-order valence-corrected chi connectivity index (χ4v) is 5.84. The molecule has 0 bridgehead atoms. The monoisotopic (exact) mass is 572 g/mol. The van der Waals surface area contributed by atoms with E-state index in [1.54, 1.807) is 35.6 Å². The second-order valence-electron chi connectivity index (χ2n) is 10.8. The van der Waals surface area contributed by atoms with Gasteiger partial charge in [-0.15, -0.1) is 0 Å². The van der Waals surface area contributed by atoms with Crippen molar-refractivity contribution in [3.05, 3.63) is 69.8 Å². The van der Waals surface area contributed by atoms with Crippen LogP contribution in [0.25, 0.3) is 28.1 Å². The first kappa shape index (κ1) is 28.0. The Kier molecular flexibility index (Phi) is 7.63. The van der Waals surface area contributed by atoms with Crippen LogP contribution in [0, 0.1) is 0 Å². The largest absolute Gasteiger partial charge is 0.496 e. The summed E-state index contributed by atoms with van der Waals surface area (Å²) in [5.41, 5.74) is 11.7. The number of hydrogen-bond donors (Lipinski definition) is 2. The van der Waals surface area contributed by atoms with Crippen molar-refractivity contribution in [1.82, 2.24) is 25.0 Å². The molecule has 0 unspecified atom stereocenters. The first-order chi connectivity index (χ1) is 19.6. The van der Waals surface area contributed by atoms with Crippen molar-refractivity contribution in [1.29, 1.82) is 0 Å². The van der Waals surface area contributed by atoms with Crippen LogP contribution in [0.1, 0.15) is 52.7 Å².